The van der Waals surface area contributed by atoms with E-state index in [1.54, 1.807) is 11.6 Å². The molecule has 3 aromatic rings. The van der Waals surface area contributed by atoms with E-state index in [4.69, 9.17) is 17.2 Å². The molecule has 3 N–H and O–H groups in total. The summed E-state index contributed by atoms with van der Waals surface area (Å²) in [5, 5.41) is 3.30. The largest absolute Gasteiger partial charge is 0.364 e. The third-order valence-corrected chi connectivity index (χ3v) is 7.34. The third-order valence-electron chi connectivity index (χ3n) is 7.03. The van der Waals surface area contributed by atoms with Gasteiger partial charge in [0.05, 0.1) is 16.9 Å². The molecule has 1 fully saturated rings. The first kappa shape index (κ1) is 21.6. The van der Waals surface area contributed by atoms with Crippen molar-refractivity contribution in [2.75, 3.05) is 12.5 Å². The Balaban J connectivity index is 1.78. The average Bonchev–Trinajstić information content (AvgIpc) is 2.83. The molecule has 0 unspecified atom stereocenters. The summed E-state index contributed by atoms with van der Waals surface area (Å²) in [7, 11) is 1.74. The summed E-state index contributed by atoms with van der Waals surface area (Å²) in [6.45, 7) is 2.04. The Labute approximate surface area is 199 Å². The number of nitrogens with one attached hydrogen (secondary N) is 3. The van der Waals surface area contributed by atoms with E-state index in [0.29, 0.717) is 11.1 Å². The molecule has 170 valence electrons. The van der Waals surface area contributed by atoms with Crippen LogP contribution in [0.15, 0.2) is 53.3 Å². The van der Waals surface area contributed by atoms with Crippen molar-refractivity contribution >= 4 is 23.3 Å². The number of aryl methyl sites for hydroxylation is 1. The molecule has 0 bridgehead atoms. The lowest BCUT2D eigenvalue weighted by atomic mass is 9.62. The molecule has 1 saturated carbocycles. The zero-order chi connectivity index (χ0) is 23.0. The van der Waals surface area contributed by atoms with Crippen molar-refractivity contribution in [3.05, 3.63) is 75.6 Å². The number of aromatic nitrogens is 2. The second-order valence-electron chi connectivity index (χ2n) is 9.14. The molecule has 1 spiro atoms. The van der Waals surface area contributed by atoms with Crippen LogP contribution in [0.4, 0.5) is 5.95 Å². The lowest BCUT2D eigenvalue weighted by molar-refractivity contribution is 0.284. The van der Waals surface area contributed by atoms with Crippen LogP contribution < -0.4 is 21.7 Å². The molecule has 2 aliphatic rings. The van der Waals surface area contributed by atoms with Gasteiger partial charge < -0.3 is 5.32 Å². The summed E-state index contributed by atoms with van der Waals surface area (Å²) >= 11 is 5.25. The van der Waals surface area contributed by atoms with Gasteiger partial charge in [0.2, 0.25) is 5.95 Å². The fraction of sp³-hybridized carbons (Fsp3) is 0.346. The molecule has 1 heterocycles. The zero-order valence-corrected chi connectivity index (χ0v) is 19.9. The number of thiocarbonyl (C=S) groups is 1. The normalized spacial score (nSPS) is 15.9. The van der Waals surface area contributed by atoms with E-state index in [0.717, 1.165) is 60.2 Å². The predicted octanol–water partition coefficient (Wildman–Crippen LogP) is 4.39. The Bertz CT molecular complexity index is 1260. The first-order valence-corrected chi connectivity index (χ1v) is 12.0. The van der Waals surface area contributed by atoms with E-state index in [1.165, 1.54) is 12.0 Å². The van der Waals surface area contributed by atoms with Crippen molar-refractivity contribution in [3.8, 4) is 16.9 Å². The quantitative estimate of drug-likeness (QED) is 0.399. The highest BCUT2D eigenvalue weighted by Crippen LogP contribution is 2.48. The van der Waals surface area contributed by atoms with Crippen LogP contribution in [0.5, 0.6) is 0 Å². The molecule has 33 heavy (non-hydrogen) atoms. The molecule has 7 heteroatoms. The first-order valence-electron chi connectivity index (χ1n) is 11.6. The van der Waals surface area contributed by atoms with E-state index in [2.05, 4.69) is 34.4 Å². The fourth-order valence-corrected chi connectivity index (χ4v) is 5.45. The lowest BCUT2D eigenvalue weighted by Gasteiger charge is -2.42. The Morgan fingerprint density at radius 2 is 1.79 bits per heavy atom. The van der Waals surface area contributed by atoms with E-state index in [1.807, 2.05) is 37.3 Å². The highest BCUT2D eigenvalue weighted by Gasteiger charge is 2.43. The Morgan fingerprint density at radius 3 is 2.52 bits per heavy atom. The molecule has 0 radical (unpaired) electrons. The second-order valence-corrected chi connectivity index (χ2v) is 9.55. The topological polar surface area (TPSA) is 71.0 Å². The molecule has 0 atom stereocenters. The maximum atomic E-state index is 14.3. The van der Waals surface area contributed by atoms with Gasteiger partial charge in [-0.2, -0.15) is 0 Å². The van der Waals surface area contributed by atoms with Gasteiger partial charge in [-0.25, -0.2) is 9.55 Å². The van der Waals surface area contributed by atoms with Crippen molar-refractivity contribution in [2.45, 2.75) is 50.9 Å². The van der Waals surface area contributed by atoms with Crippen LogP contribution in [-0.2, 0) is 11.8 Å². The van der Waals surface area contributed by atoms with Gasteiger partial charge in [0.25, 0.3) is 5.56 Å². The van der Waals surface area contributed by atoms with Crippen molar-refractivity contribution < 1.29 is 0 Å². The lowest BCUT2D eigenvalue weighted by Crippen LogP contribution is -2.44. The number of rotatable bonds is 3. The molecule has 0 amide bonds. The van der Waals surface area contributed by atoms with Crippen molar-refractivity contribution in [2.24, 2.45) is 0 Å². The summed E-state index contributed by atoms with van der Waals surface area (Å²) in [5.74, 6) is 0.419. The van der Waals surface area contributed by atoms with Crippen LogP contribution in [0.1, 0.15) is 48.8 Å². The molecule has 0 saturated heterocycles. The van der Waals surface area contributed by atoms with E-state index in [9.17, 15) is 4.79 Å². The van der Waals surface area contributed by atoms with E-state index < -0.39 is 0 Å². The highest BCUT2D eigenvalue weighted by atomic mass is 32.1. The van der Waals surface area contributed by atoms with Gasteiger partial charge in [0.15, 0.2) is 5.11 Å². The monoisotopic (exact) mass is 459 g/mol. The molecule has 2 aliphatic carbocycles. The van der Waals surface area contributed by atoms with Gasteiger partial charge >= 0.3 is 0 Å². The first-order chi connectivity index (χ1) is 16.0. The van der Waals surface area contributed by atoms with Crippen LogP contribution in [0, 0.1) is 6.92 Å². The maximum absolute atomic E-state index is 14.3. The van der Waals surface area contributed by atoms with E-state index >= 15 is 0 Å². The molecular formula is C26H29N5OS. The van der Waals surface area contributed by atoms with Gasteiger partial charge in [-0.3, -0.25) is 15.6 Å². The minimum absolute atomic E-state index is 0.0000628. The SMILES string of the molecule is CNC(=S)NNc1nc2c(c(=O)n1-c1ccc(C)cc1)C1(CCCCC1)Cc1ccccc1-2. The van der Waals surface area contributed by atoms with Crippen LogP contribution >= 0.6 is 12.2 Å². The summed E-state index contributed by atoms with van der Waals surface area (Å²) < 4.78 is 1.69. The second kappa shape index (κ2) is 8.63. The Hall–Kier alpha value is -3.19. The predicted molar refractivity (Wildman–Crippen MR) is 137 cm³/mol. The molecule has 1 aromatic heterocycles. The third kappa shape index (κ3) is 3.80. The van der Waals surface area contributed by atoms with Crippen LogP contribution in [0.3, 0.4) is 0 Å². The standard InChI is InChI=1S/C26H29N5OS/c1-17-10-12-19(13-11-17)31-23(32)21-22(28-24(31)29-30-25(33)27-2)20-9-5-4-8-18(20)16-26(21)14-6-3-7-15-26/h4-5,8-13H,3,6-7,14-16H2,1-2H3,(H,28,29)(H2,27,30,33). The van der Waals surface area contributed by atoms with Crippen LogP contribution in [-0.4, -0.2) is 21.7 Å². The molecule has 5 rings (SSSR count). The number of nitrogens with zero attached hydrogens (tertiary/aromatic N) is 2. The summed E-state index contributed by atoms with van der Waals surface area (Å²) in [6.07, 6.45) is 6.45. The fourth-order valence-electron chi connectivity index (χ4n) is 5.40. The summed E-state index contributed by atoms with van der Waals surface area (Å²) in [4.78, 5) is 19.4. The summed E-state index contributed by atoms with van der Waals surface area (Å²) in [6, 6.07) is 16.3. The number of fused-ring (bicyclic) bond motifs is 4. The van der Waals surface area contributed by atoms with E-state index in [-0.39, 0.29) is 11.0 Å². The zero-order valence-electron chi connectivity index (χ0n) is 19.1. The van der Waals surface area contributed by atoms with Gasteiger partial charge in [-0.1, -0.05) is 61.2 Å². The van der Waals surface area contributed by atoms with Gasteiger partial charge in [-0.05, 0) is 56.1 Å². The van der Waals surface area contributed by atoms with Crippen molar-refractivity contribution in [3.63, 3.8) is 0 Å². The van der Waals surface area contributed by atoms with Gasteiger partial charge in [-0.15, -0.1) is 0 Å². The number of hydrazine groups is 1. The highest BCUT2D eigenvalue weighted by molar-refractivity contribution is 7.80. The minimum Gasteiger partial charge on any atom is -0.364 e. The number of anilines is 1. The van der Waals surface area contributed by atoms with Crippen molar-refractivity contribution in [1.29, 1.82) is 0 Å². The van der Waals surface area contributed by atoms with Crippen LogP contribution in [0.25, 0.3) is 16.9 Å². The minimum atomic E-state index is -0.162. The number of benzene rings is 2. The molecule has 6 nitrogen and oxygen atoms in total. The Kier molecular flexibility index (Phi) is 5.66. The number of hydrogen-bond donors (Lipinski definition) is 3. The molecular weight excluding hydrogens is 430 g/mol. The molecule has 0 aliphatic heterocycles. The summed E-state index contributed by atoms with van der Waals surface area (Å²) in [5.41, 5.74) is 11.8. The number of hydrogen-bond acceptors (Lipinski definition) is 4. The van der Waals surface area contributed by atoms with Gasteiger partial charge in [0, 0.05) is 18.0 Å². The van der Waals surface area contributed by atoms with Gasteiger partial charge in [0.1, 0.15) is 0 Å². The smallest absolute Gasteiger partial charge is 0.263 e. The van der Waals surface area contributed by atoms with Crippen LogP contribution in [0.2, 0.25) is 0 Å². The maximum Gasteiger partial charge on any atom is 0.263 e. The Morgan fingerprint density at radius 1 is 1.06 bits per heavy atom. The average molecular weight is 460 g/mol. The van der Waals surface area contributed by atoms with Crippen molar-refractivity contribution in [1.82, 2.24) is 20.3 Å². The molecule has 2 aromatic carbocycles.